The Balaban J connectivity index is 1.63. The monoisotopic (exact) mass is 421 g/mol. The molecule has 0 saturated carbocycles. The molecule has 0 amide bonds. The molecule has 1 aliphatic rings. The number of benzene rings is 2. The molecule has 3 heterocycles. The van der Waals surface area contributed by atoms with Crippen molar-refractivity contribution in [2.24, 2.45) is 0 Å². The molecular formula is C21H15N3O5S. The fourth-order valence-corrected chi connectivity index (χ4v) is 4.50. The second-order valence-electron chi connectivity index (χ2n) is 6.83. The molecule has 30 heavy (non-hydrogen) atoms. The van der Waals surface area contributed by atoms with E-state index in [-0.39, 0.29) is 31.2 Å². The van der Waals surface area contributed by atoms with Gasteiger partial charge in [0.1, 0.15) is 10.6 Å². The van der Waals surface area contributed by atoms with Crippen LogP contribution in [0.2, 0.25) is 0 Å². The van der Waals surface area contributed by atoms with Crippen LogP contribution in [0.3, 0.4) is 0 Å². The molecule has 4 aromatic rings. The highest BCUT2D eigenvalue weighted by Crippen LogP contribution is 2.34. The van der Waals surface area contributed by atoms with Gasteiger partial charge in [-0.2, -0.15) is 0 Å². The van der Waals surface area contributed by atoms with Crippen molar-refractivity contribution in [1.82, 2.24) is 9.55 Å². The lowest BCUT2D eigenvalue weighted by atomic mass is 10.1. The van der Waals surface area contributed by atoms with Gasteiger partial charge in [0.25, 0.3) is 11.2 Å². The van der Waals surface area contributed by atoms with Crippen LogP contribution in [0.5, 0.6) is 5.75 Å². The van der Waals surface area contributed by atoms with E-state index in [2.05, 4.69) is 4.98 Å². The molecule has 2 aromatic heterocycles. The van der Waals surface area contributed by atoms with Crippen molar-refractivity contribution in [3.8, 4) is 16.9 Å². The van der Waals surface area contributed by atoms with Gasteiger partial charge in [-0.25, -0.2) is 4.98 Å². The lowest BCUT2D eigenvalue weighted by molar-refractivity contribution is -0.385. The molecular weight excluding hydrogens is 406 g/mol. The van der Waals surface area contributed by atoms with Gasteiger partial charge >= 0.3 is 0 Å². The first kappa shape index (κ1) is 18.5. The fourth-order valence-electron chi connectivity index (χ4n) is 3.60. The minimum atomic E-state index is -0.463. The smallest absolute Gasteiger partial charge is 0.270 e. The summed E-state index contributed by atoms with van der Waals surface area (Å²) in [6, 6.07) is 12.5. The summed E-state index contributed by atoms with van der Waals surface area (Å²) in [5.74, 6) is 0.521. The quantitative estimate of drug-likeness (QED) is 0.366. The van der Waals surface area contributed by atoms with Crippen molar-refractivity contribution in [2.75, 3.05) is 6.79 Å². The van der Waals surface area contributed by atoms with Crippen molar-refractivity contribution in [2.45, 2.75) is 13.2 Å². The Bertz CT molecular complexity index is 1330. The first-order valence-corrected chi connectivity index (χ1v) is 10.0. The summed E-state index contributed by atoms with van der Waals surface area (Å²) in [6.07, 6.45) is 1.47. The number of rotatable bonds is 4. The standard InChI is InChI=1S/C21H15N3O5S/c25-21-18-17(13-4-2-1-3-5-13)10-30-20(18)22-11-23(21)8-14-6-16(24(26)27)7-15-9-28-12-29-19(14)15/h1-7,10-11H,8-9,12H2. The Kier molecular flexibility index (Phi) is 4.53. The van der Waals surface area contributed by atoms with E-state index in [1.165, 1.54) is 34.4 Å². The number of hydrogen-bond donors (Lipinski definition) is 0. The third kappa shape index (κ3) is 3.14. The van der Waals surface area contributed by atoms with Gasteiger partial charge in [0.2, 0.25) is 0 Å². The maximum absolute atomic E-state index is 13.3. The normalized spacial score (nSPS) is 13.1. The number of aromatic nitrogens is 2. The molecule has 0 spiro atoms. The Hall–Kier alpha value is -3.56. The number of fused-ring (bicyclic) bond motifs is 2. The molecule has 0 unspecified atom stereocenters. The van der Waals surface area contributed by atoms with Crippen LogP contribution in [0, 0.1) is 10.1 Å². The van der Waals surface area contributed by atoms with E-state index >= 15 is 0 Å². The van der Waals surface area contributed by atoms with Crippen molar-refractivity contribution in [3.63, 3.8) is 0 Å². The van der Waals surface area contributed by atoms with E-state index in [1.807, 2.05) is 35.7 Å². The highest BCUT2D eigenvalue weighted by molar-refractivity contribution is 7.17. The SMILES string of the molecule is O=c1c2c(-c3ccccc3)csc2ncn1Cc1cc([N+](=O)[O-])cc2c1OCOC2. The van der Waals surface area contributed by atoms with Crippen LogP contribution < -0.4 is 10.3 Å². The van der Waals surface area contributed by atoms with Crippen LogP contribution in [-0.4, -0.2) is 21.3 Å². The lowest BCUT2D eigenvalue weighted by Crippen LogP contribution is -2.22. The summed E-state index contributed by atoms with van der Waals surface area (Å²) in [4.78, 5) is 29.3. The Morgan fingerprint density at radius 1 is 1.23 bits per heavy atom. The molecule has 0 bridgehead atoms. The minimum Gasteiger partial charge on any atom is -0.467 e. The molecule has 9 heteroatoms. The first-order chi connectivity index (χ1) is 14.6. The van der Waals surface area contributed by atoms with Crippen molar-refractivity contribution >= 4 is 27.2 Å². The number of hydrogen-bond acceptors (Lipinski definition) is 7. The molecule has 0 fully saturated rings. The van der Waals surface area contributed by atoms with Crippen LogP contribution in [0.4, 0.5) is 5.69 Å². The zero-order chi connectivity index (χ0) is 20.7. The van der Waals surface area contributed by atoms with Gasteiger partial charge in [-0.15, -0.1) is 11.3 Å². The van der Waals surface area contributed by atoms with E-state index in [4.69, 9.17) is 9.47 Å². The van der Waals surface area contributed by atoms with Crippen molar-refractivity contribution in [3.05, 3.63) is 85.8 Å². The average molecular weight is 421 g/mol. The molecule has 8 nitrogen and oxygen atoms in total. The molecule has 150 valence electrons. The number of non-ortho nitro benzene ring substituents is 1. The predicted molar refractivity (Wildman–Crippen MR) is 112 cm³/mol. The zero-order valence-electron chi connectivity index (χ0n) is 15.6. The van der Waals surface area contributed by atoms with E-state index in [0.717, 1.165) is 11.1 Å². The molecule has 5 rings (SSSR count). The molecule has 0 radical (unpaired) electrons. The third-order valence-corrected chi connectivity index (χ3v) is 5.86. The predicted octanol–water partition coefficient (Wildman–Crippen LogP) is 3.95. The van der Waals surface area contributed by atoms with Crippen LogP contribution in [0.1, 0.15) is 11.1 Å². The minimum absolute atomic E-state index is 0.0622. The zero-order valence-corrected chi connectivity index (χ0v) is 16.4. The Labute approximate surface area is 174 Å². The molecule has 0 atom stereocenters. The van der Waals surface area contributed by atoms with Gasteiger partial charge in [0.05, 0.1) is 29.8 Å². The number of nitrogens with zero attached hydrogens (tertiary/aromatic N) is 3. The number of nitro groups is 1. The topological polar surface area (TPSA) is 96.5 Å². The summed E-state index contributed by atoms with van der Waals surface area (Å²) in [7, 11) is 0. The van der Waals surface area contributed by atoms with Gasteiger partial charge in [-0.1, -0.05) is 30.3 Å². The highest BCUT2D eigenvalue weighted by atomic mass is 32.1. The Morgan fingerprint density at radius 3 is 2.87 bits per heavy atom. The van der Waals surface area contributed by atoms with E-state index in [1.54, 1.807) is 0 Å². The Morgan fingerprint density at radius 2 is 2.07 bits per heavy atom. The van der Waals surface area contributed by atoms with Gasteiger partial charge in [-0.3, -0.25) is 19.5 Å². The fraction of sp³-hybridized carbons (Fsp3) is 0.143. The molecule has 0 N–H and O–H groups in total. The molecule has 0 saturated heterocycles. The average Bonchev–Trinajstić information content (AvgIpc) is 3.21. The van der Waals surface area contributed by atoms with Gasteiger partial charge in [-0.05, 0) is 5.56 Å². The highest BCUT2D eigenvalue weighted by Gasteiger charge is 2.22. The summed E-state index contributed by atoms with van der Waals surface area (Å²) in [6.45, 7) is 0.390. The molecule has 2 aromatic carbocycles. The van der Waals surface area contributed by atoms with E-state index in [0.29, 0.717) is 27.1 Å². The number of thiophene rings is 1. The van der Waals surface area contributed by atoms with Crippen molar-refractivity contribution < 1.29 is 14.4 Å². The van der Waals surface area contributed by atoms with Gasteiger partial charge in [0, 0.05) is 34.2 Å². The van der Waals surface area contributed by atoms with E-state index in [9.17, 15) is 14.9 Å². The van der Waals surface area contributed by atoms with Gasteiger partial charge in [0.15, 0.2) is 6.79 Å². The molecule has 1 aliphatic heterocycles. The van der Waals surface area contributed by atoms with Crippen LogP contribution in [0.25, 0.3) is 21.3 Å². The second kappa shape index (κ2) is 7.36. The van der Waals surface area contributed by atoms with Gasteiger partial charge < -0.3 is 9.47 Å². The van der Waals surface area contributed by atoms with Crippen LogP contribution >= 0.6 is 11.3 Å². The largest absolute Gasteiger partial charge is 0.467 e. The number of ether oxygens (including phenoxy) is 2. The maximum Gasteiger partial charge on any atom is 0.270 e. The summed E-state index contributed by atoms with van der Waals surface area (Å²) >= 11 is 1.41. The maximum atomic E-state index is 13.3. The van der Waals surface area contributed by atoms with Crippen LogP contribution in [-0.2, 0) is 17.9 Å². The lowest BCUT2D eigenvalue weighted by Gasteiger charge is -2.20. The van der Waals surface area contributed by atoms with Crippen LogP contribution in [0.15, 0.2) is 59.0 Å². The summed E-state index contributed by atoms with van der Waals surface area (Å²) in [5, 5.41) is 13.8. The second-order valence-corrected chi connectivity index (χ2v) is 7.69. The van der Waals surface area contributed by atoms with E-state index < -0.39 is 4.92 Å². The first-order valence-electron chi connectivity index (χ1n) is 9.14. The number of nitro benzene ring substituents is 1. The molecule has 0 aliphatic carbocycles. The van der Waals surface area contributed by atoms with Crippen molar-refractivity contribution in [1.29, 1.82) is 0 Å². The third-order valence-electron chi connectivity index (χ3n) is 4.97. The summed E-state index contributed by atoms with van der Waals surface area (Å²) in [5.41, 5.74) is 2.63. The summed E-state index contributed by atoms with van der Waals surface area (Å²) < 4.78 is 12.3.